The monoisotopic (exact) mass is 347 g/mol. The maximum atomic E-state index is 12.6. The molecule has 0 radical (unpaired) electrons. The third-order valence-electron chi connectivity index (χ3n) is 5.13. The molecule has 0 bridgehead atoms. The maximum Gasteiger partial charge on any atom is 0.236 e. The Morgan fingerprint density at radius 3 is 3.04 bits per heavy atom. The molecule has 0 aliphatic carbocycles. The number of morpholine rings is 1. The van der Waals surface area contributed by atoms with Gasteiger partial charge >= 0.3 is 0 Å². The smallest absolute Gasteiger partial charge is 0.236 e. The highest BCUT2D eigenvalue weighted by atomic mass is 16.5. The zero-order valence-electron chi connectivity index (χ0n) is 15.3. The summed E-state index contributed by atoms with van der Waals surface area (Å²) in [5.74, 6) is 1.09. The average Bonchev–Trinajstić information content (AvgIpc) is 2.63. The van der Waals surface area contributed by atoms with Crippen LogP contribution in [0.3, 0.4) is 0 Å². The molecule has 0 unspecified atom stereocenters. The van der Waals surface area contributed by atoms with Crippen molar-refractivity contribution in [3.8, 4) is 0 Å². The molecule has 0 spiro atoms. The fourth-order valence-corrected chi connectivity index (χ4v) is 3.68. The fourth-order valence-electron chi connectivity index (χ4n) is 3.68. The Balaban J connectivity index is 1.50. The molecule has 3 rings (SSSR count). The summed E-state index contributed by atoms with van der Waals surface area (Å²) in [5, 5.41) is 8.05. The highest BCUT2D eigenvalue weighted by molar-refractivity contribution is 5.78. The van der Waals surface area contributed by atoms with Crippen molar-refractivity contribution in [1.82, 2.24) is 20.0 Å². The van der Waals surface area contributed by atoms with Crippen LogP contribution in [0.25, 0.3) is 0 Å². The van der Waals surface area contributed by atoms with Crippen molar-refractivity contribution in [2.75, 3.05) is 51.3 Å². The zero-order chi connectivity index (χ0) is 17.6. The lowest BCUT2D eigenvalue weighted by atomic mass is 10.0. The van der Waals surface area contributed by atoms with Crippen molar-refractivity contribution in [2.45, 2.75) is 38.3 Å². The molecule has 1 aromatic rings. The van der Waals surface area contributed by atoms with E-state index in [1.807, 2.05) is 19.2 Å². The van der Waals surface area contributed by atoms with E-state index in [9.17, 15) is 4.79 Å². The largest absolute Gasteiger partial charge is 0.374 e. The first-order valence-electron chi connectivity index (χ1n) is 9.26. The molecule has 7 heteroatoms. The summed E-state index contributed by atoms with van der Waals surface area (Å²) in [6.07, 6.45) is 5.24. The Morgan fingerprint density at radius 1 is 1.40 bits per heavy atom. The first-order valence-corrected chi connectivity index (χ1v) is 9.26. The van der Waals surface area contributed by atoms with Crippen LogP contribution in [0.15, 0.2) is 18.3 Å². The molecule has 1 aromatic heterocycles. The van der Waals surface area contributed by atoms with Gasteiger partial charge < -0.3 is 14.5 Å². The van der Waals surface area contributed by atoms with Gasteiger partial charge in [0.2, 0.25) is 5.91 Å². The van der Waals surface area contributed by atoms with Gasteiger partial charge in [0, 0.05) is 45.5 Å². The molecule has 2 fully saturated rings. The summed E-state index contributed by atoms with van der Waals surface area (Å²) < 4.78 is 5.89. The first-order chi connectivity index (χ1) is 12.1. The highest BCUT2D eigenvalue weighted by Gasteiger charge is 2.28. The van der Waals surface area contributed by atoms with Crippen LogP contribution in [0.5, 0.6) is 0 Å². The summed E-state index contributed by atoms with van der Waals surface area (Å²) in [6, 6.07) is 4.20. The van der Waals surface area contributed by atoms with Crippen LogP contribution in [0.2, 0.25) is 0 Å². The molecule has 3 heterocycles. The molecule has 2 atom stereocenters. The van der Waals surface area contributed by atoms with Crippen LogP contribution in [0.4, 0.5) is 5.82 Å². The van der Waals surface area contributed by atoms with Gasteiger partial charge in [0.25, 0.3) is 0 Å². The summed E-state index contributed by atoms with van der Waals surface area (Å²) >= 11 is 0. The lowest BCUT2D eigenvalue weighted by molar-refractivity contribution is -0.137. The highest BCUT2D eigenvalue weighted by Crippen LogP contribution is 2.17. The summed E-state index contributed by atoms with van der Waals surface area (Å²) in [6.45, 7) is 6.57. The molecule has 138 valence electrons. The Bertz CT molecular complexity index is 556. The van der Waals surface area contributed by atoms with E-state index in [4.69, 9.17) is 4.74 Å². The van der Waals surface area contributed by atoms with Crippen LogP contribution < -0.4 is 4.90 Å². The van der Waals surface area contributed by atoms with Gasteiger partial charge in [-0.05, 0) is 38.3 Å². The topological polar surface area (TPSA) is 61.8 Å². The lowest BCUT2D eigenvalue weighted by Gasteiger charge is -2.38. The summed E-state index contributed by atoms with van der Waals surface area (Å²) in [4.78, 5) is 19.0. The van der Waals surface area contributed by atoms with E-state index in [0.29, 0.717) is 19.2 Å². The zero-order valence-corrected chi connectivity index (χ0v) is 15.3. The predicted molar refractivity (Wildman–Crippen MR) is 96.5 cm³/mol. The minimum absolute atomic E-state index is 0.0762. The first kappa shape index (κ1) is 18.1. The average molecular weight is 347 g/mol. The summed E-state index contributed by atoms with van der Waals surface area (Å²) in [5.41, 5.74) is 0. The van der Waals surface area contributed by atoms with Crippen molar-refractivity contribution >= 4 is 11.7 Å². The van der Waals surface area contributed by atoms with E-state index < -0.39 is 0 Å². The number of carbonyl (C=O) groups is 1. The molecule has 0 saturated carbocycles. The van der Waals surface area contributed by atoms with Gasteiger partial charge in [0.15, 0.2) is 5.82 Å². The van der Waals surface area contributed by atoms with Crippen molar-refractivity contribution in [2.24, 2.45) is 0 Å². The molecule has 25 heavy (non-hydrogen) atoms. The quantitative estimate of drug-likeness (QED) is 0.792. The minimum Gasteiger partial charge on any atom is -0.374 e. The third kappa shape index (κ3) is 4.89. The predicted octanol–water partition coefficient (Wildman–Crippen LogP) is 1.01. The van der Waals surface area contributed by atoms with E-state index in [2.05, 4.69) is 31.8 Å². The van der Waals surface area contributed by atoms with Crippen LogP contribution in [0.1, 0.15) is 26.2 Å². The van der Waals surface area contributed by atoms with Gasteiger partial charge in [0.1, 0.15) is 0 Å². The van der Waals surface area contributed by atoms with Gasteiger partial charge in [-0.25, -0.2) is 0 Å². The van der Waals surface area contributed by atoms with Gasteiger partial charge in [-0.3, -0.25) is 9.69 Å². The second-order valence-electron chi connectivity index (χ2n) is 7.12. The van der Waals surface area contributed by atoms with Crippen molar-refractivity contribution in [1.29, 1.82) is 0 Å². The molecular weight excluding hydrogens is 318 g/mol. The fraction of sp³-hybridized carbons (Fsp3) is 0.722. The standard InChI is InChI=1S/C18H29N5O2/c1-15-6-3-4-9-23(15)18(24)14-22-10-11-25-16(13-22)12-21(2)17-7-5-8-19-20-17/h5,7-8,15-16H,3-4,6,9-14H2,1-2H3/t15-,16-/m0/s1. The molecular formula is C18H29N5O2. The molecule has 0 N–H and O–H groups in total. The van der Waals surface area contributed by atoms with Gasteiger partial charge in [-0.2, -0.15) is 5.10 Å². The number of piperidine rings is 1. The molecule has 7 nitrogen and oxygen atoms in total. The van der Waals surface area contributed by atoms with E-state index >= 15 is 0 Å². The number of aromatic nitrogens is 2. The number of nitrogens with zero attached hydrogens (tertiary/aromatic N) is 5. The number of likely N-dealkylation sites (N-methyl/N-ethyl adjacent to an activating group) is 1. The second kappa shape index (κ2) is 8.58. The normalized spacial score (nSPS) is 25.0. The number of carbonyl (C=O) groups excluding carboxylic acids is 1. The van der Waals surface area contributed by atoms with E-state index in [1.54, 1.807) is 6.20 Å². The number of ether oxygens (including phenoxy) is 1. The Hall–Kier alpha value is -1.73. The number of anilines is 1. The van der Waals surface area contributed by atoms with Crippen LogP contribution in [0, 0.1) is 0 Å². The van der Waals surface area contributed by atoms with Gasteiger partial charge in [-0.1, -0.05) is 0 Å². The SMILES string of the molecule is C[C@H]1CCCCN1C(=O)CN1CCO[C@@H](CN(C)c2cccnn2)C1. The molecule has 2 aliphatic heterocycles. The van der Waals surface area contributed by atoms with Gasteiger partial charge in [0.05, 0.1) is 19.3 Å². The van der Waals surface area contributed by atoms with E-state index in [1.165, 1.54) is 6.42 Å². The number of rotatable bonds is 5. The van der Waals surface area contributed by atoms with Crippen LogP contribution >= 0.6 is 0 Å². The lowest BCUT2D eigenvalue weighted by Crippen LogP contribution is -2.52. The Morgan fingerprint density at radius 2 is 2.28 bits per heavy atom. The van der Waals surface area contributed by atoms with Crippen molar-refractivity contribution in [3.63, 3.8) is 0 Å². The van der Waals surface area contributed by atoms with Gasteiger partial charge in [-0.15, -0.1) is 5.10 Å². The van der Waals surface area contributed by atoms with Crippen LogP contribution in [-0.2, 0) is 9.53 Å². The molecule has 2 saturated heterocycles. The van der Waals surface area contributed by atoms with E-state index in [0.717, 1.165) is 44.8 Å². The Kier molecular flexibility index (Phi) is 6.20. The van der Waals surface area contributed by atoms with Crippen molar-refractivity contribution < 1.29 is 9.53 Å². The van der Waals surface area contributed by atoms with Crippen LogP contribution in [-0.4, -0.2) is 84.4 Å². The van der Waals surface area contributed by atoms with Crippen molar-refractivity contribution in [3.05, 3.63) is 18.3 Å². The number of hydrogen-bond acceptors (Lipinski definition) is 6. The molecule has 2 aliphatic rings. The summed E-state index contributed by atoms with van der Waals surface area (Å²) in [7, 11) is 1.99. The number of amides is 1. The number of hydrogen-bond donors (Lipinski definition) is 0. The van der Waals surface area contributed by atoms with E-state index in [-0.39, 0.29) is 12.0 Å². The second-order valence-corrected chi connectivity index (χ2v) is 7.12. The minimum atomic E-state index is 0.0762. The third-order valence-corrected chi connectivity index (χ3v) is 5.13. The molecule has 1 amide bonds. The maximum absolute atomic E-state index is 12.6. The molecule has 0 aromatic carbocycles. The number of likely N-dealkylation sites (tertiary alicyclic amines) is 1. The Labute approximate surface area is 149 Å².